The topological polar surface area (TPSA) is 99.0 Å². The fraction of sp³-hybridized carbons (Fsp3) is 0.385. The van der Waals surface area contributed by atoms with Crippen LogP contribution >= 0.6 is 0 Å². The average molecular weight is 294 g/mol. The number of nitro groups is 1. The fourth-order valence-corrected chi connectivity index (χ4v) is 2.27. The highest BCUT2D eigenvalue weighted by atomic mass is 16.6. The van der Waals surface area contributed by atoms with Gasteiger partial charge in [0.1, 0.15) is 0 Å². The highest BCUT2D eigenvalue weighted by Crippen LogP contribution is 2.34. The van der Waals surface area contributed by atoms with Gasteiger partial charge in [-0.15, -0.1) is 0 Å². The largest absolute Gasteiger partial charge is 0.490 e. The third-order valence-electron chi connectivity index (χ3n) is 3.33. The Bertz CT molecular complexity index is 600. The average Bonchev–Trinajstić information content (AvgIpc) is 2.87. The molecule has 21 heavy (non-hydrogen) atoms. The maximum Gasteiger partial charge on any atom is 0.312 e. The minimum atomic E-state index is -0.583. The number of nitro benzene ring substituents is 1. The van der Waals surface area contributed by atoms with Crippen LogP contribution in [-0.4, -0.2) is 37.6 Å². The van der Waals surface area contributed by atoms with E-state index in [0.29, 0.717) is 5.69 Å². The van der Waals surface area contributed by atoms with Crippen molar-refractivity contribution in [3.05, 3.63) is 28.3 Å². The van der Waals surface area contributed by atoms with E-state index in [1.165, 1.54) is 31.3 Å². The third-order valence-corrected chi connectivity index (χ3v) is 3.33. The molecule has 112 valence electrons. The summed E-state index contributed by atoms with van der Waals surface area (Å²) < 4.78 is 9.53. The molecule has 1 aliphatic rings. The van der Waals surface area contributed by atoms with Gasteiger partial charge in [-0.05, 0) is 12.1 Å². The SMILES string of the molecule is COC(=O)[C@H]1CC(=O)N(c2ccc(OC)c([N+](=O)[O-])c2)C1. The second-order valence-corrected chi connectivity index (χ2v) is 4.54. The molecule has 8 nitrogen and oxygen atoms in total. The summed E-state index contributed by atoms with van der Waals surface area (Å²) >= 11 is 0. The van der Waals surface area contributed by atoms with Crippen molar-refractivity contribution in [2.24, 2.45) is 5.92 Å². The Hall–Kier alpha value is -2.64. The Balaban J connectivity index is 2.30. The molecule has 2 rings (SSSR count). The number of hydrogen-bond donors (Lipinski definition) is 0. The van der Waals surface area contributed by atoms with Crippen LogP contribution in [0, 0.1) is 16.0 Å². The molecule has 0 unspecified atom stereocenters. The summed E-state index contributed by atoms with van der Waals surface area (Å²) in [6.45, 7) is 0.148. The van der Waals surface area contributed by atoms with Gasteiger partial charge in [0.2, 0.25) is 5.91 Å². The van der Waals surface area contributed by atoms with Crippen LogP contribution in [0.15, 0.2) is 18.2 Å². The number of methoxy groups -OCH3 is 2. The molecule has 0 spiro atoms. The molecule has 0 bridgehead atoms. The number of anilines is 1. The Morgan fingerprint density at radius 3 is 2.71 bits per heavy atom. The lowest BCUT2D eigenvalue weighted by Crippen LogP contribution is -2.26. The first-order valence-corrected chi connectivity index (χ1v) is 6.18. The van der Waals surface area contributed by atoms with Gasteiger partial charge >= 0.3 is 11.7 Å². The van der Waals surface area contributed by atoms with Crippen LogP contribution < -0.4 is 9.64 Å². The summed E-state index contributed by atoms with van der Waals surface area (Å²) in [5.74, 6) is -1.18. The van der Waals surface area contributed by atoms with E-state index in [9.17, 15) is 19.7 Å². The van der Waals surface area contributed by atoms with E-state index in [0.717, 1.165) is 0 Å². The first-order valence-electron chi connectivity index (χ1n) is 6.18. The molecule has 1 fully saturated rings. The predicted octanol–water partition coefficient (Wildman–Crippen LogP) is 1.13. The van der Waals surface area contributed by atoms with Gasteiger partial charge in [-0.3, -0.25) is 19.7 Å². The zero-order valence-corrected chi connectivity index (χ0v) is 11.6. The smallest absolute Gasteiger partial charge is 0.312 e. The molecule has 0 aliphatic carbocycles. The lowest BCUT2D eigenvalue weighted by atomic mass is 10.1. The molecule has 0 radical (unpaired) electrons. The quantitative estimate of drug-likeness (QED) is 0.469. The summed E-state index contributed by atoms with van der Waals surface area (Å²) in [7, 11) is 2.59. The molecule has 1 saturated heterocycles. The van der Waals surface area contributed by atoms with Gasteiger partial charge in [0.05, 0.1) is 30.7 Å². The van der Waals surface area contributed by atoms with E-state index >= 15 is 0 Å². The number of ether oxygens (including phenoxy) is 2. The second kappa shape index (κ2) is 5.78. The Labute approximate surface area is 120 Å². The predicted molar refractivity (Wildman–Crippen MR) is 72.1 cm³/mol. The summed E-state index contributed by atoms with van der Waals surface area (Å²) in [6.07, 6.45) is 0.0342. The van der Waals surface area contributed by atoms with Crippen molar-refractivity contribution < 1.29 is 24.0 Å². The van der Waals surface area contributed by atoms with Crippen LogP contribution in [0.1, 0.15) is 6.42 Å². The number of amides is 1. The number of nitrogens with zero attached hydrogens (tertiary/aromatic N) is 2. The summed E-state index contributed by atoms with van der Waals surface area (Å²) in [4.78, 5) is 35.2. The van der Waals surface area contributed by atoms with Crippen LogP contribution in [0.2, 0.25) is 0 Å². The maximum atomic E-state index is 12.0. The number of rotatable bonds is 4. The van der Waals surface area contributed by atoms with Gasteiger partial charge < -0.3 is 14.4 Å². The van der Waals surface area contributed by atoms with Crippen molar-refractivity contribution >= 4 is 23.3 Å². The Kier molecular flexibility index (Phi) is 4.06. The van der Waals surface area contributed by atoms with Gasteiger partial charge in [0.15, 0.2) is 5.75 Å². The highest BCUT2D eigenvalue weighted by Gasteiger charge is 2.36. The lowest BCUT2D eigenvalue weighted by Gasteiger charge is -2.16. The van der Waals surface area contributed by atoms with Crippen LogP contribution in [0.5, 0.6) is 5.75 Å². The zero-order valence-electron chi connectivity index (χ0n) is 11.6. The van der Waals surface area contributed by atoms with Crippen LogP contribution in [0.4, 0.5) is 11.4 Å². The minimum absolute atomic E-state index is 0.0342. The molecule has 1 heterocycles. The molecule has 1 aromatic rings. The van der Waals surface area contributed by atoms with Crippen molar-refractivity contribution in [3.63, 3.8) is 0 Å². The summed E-state index contributed by atoms with van der Waals surface area (Å²) in [6, 6.07) is 4.23. The number of carbonyl (C=O) groups is 2. The first-order chi connectivity index (χ1) is 9.97. The summed E-state index contributed by atoms with van der Waals surface area (Å²) in [5, 5.41) is 11.0. The van der Waals surface area contributed by atoms with E-state index in [4.69, 9.17) is 4.74 Å². The van der Waals surface area contributed by atoms with Gasteiger partial charge in [0, 0.05) is 19.0 Å². The molecule has 0 N–H and O–H groups in total. The van der Waals surface area contributed by atoms with Crippen molar-refractivity contribution in [2.45, 2.75) is 6.42 Å². The van der Waals surface area contributed by atoms with Crippen LogP contribution in [0.25, 0.3) is 0 Å². The standard InChI is InChI=1S/C13H14N2O6/c1-20-11-4-3-9(6-10(11)15(18)19)14-7-8(5-12(14)16)13(17)21-2/h3-4,6,8H,5,7H2,1-2H3/t8-/m0/s1. The molecule has 1 atom stereocenters. The molecule has 0 saturated carbocycles. The third kappa shape index (κ3) is 2.78. The monoisotopic (exact) mass is 294 g/mol. The van der Waals surface area contributed by atoms with Crippen molar-refractivity contribution in [2.75, 3.05) is 25.7 Å². The minimum Gasteiger partial charge on any atom is -0.490 e. The van der Waals surface area contributed by atoms with E-state index in [1.54, 1.807) is 6.07 Å². The Morgan fingerprint density at radius 2 is 2.14 bits per heavy atom. The van der Waals surface area contributed by atoms with Crippen LogP contribution in [0.3, 0.4) is 0 Å². The molecule has 0 aromatic heterocycles. The number of esters is 1. The highest BCUT2D eigenvalue weighted by molar-refractivity contribution is 5.99. The molecule has 1 aliphatic heterocycles. The molecular weight excluding hydrogens is 280 g/mol. The van der Waals surface area contributed by atoms with Gasteiger partial charge in [0.25, 0.3) is 0 Å². The molecule has 8 heteroatoms. The normalized spacial score (nSPS) is 17.7. The van der Waals surface area contributed by atoms with Gasteiger partial charge in [-0.1, -0.05) is 0 Å². The molecule has 1 amide bonds. The van der Waals surface area contributed by atoms with Crippen molar-refractivity contribution in [1.29, 1.82) is 0 Å². The number of benzene rings is 1. The fourth-order valence-electron chi connectivity index (χ4n) is 2.27. The van der Waals surface area contributed by atoms with E-state index < -0.39 is 16.8 Å². The summed E-state index contributed by atoms with van der Waals surface area (Å²) in [5.41, 5.74) is 0.128. The first kappa shape index (κ1) is 14.8. The number of hydrogen-bond acceptors (Lipinski definition) is 6. The van der Waals surface area contributed by atoms with E-state index in [2.05, 4.69) is 4.74 Å². The lowest BCUT2D eigenvalue weighted by molar-refractivity contribution is -0.385. The van der Waals surface area contributed by atoms with Gasteiger partial charge in [-0.25, -0.2) is 0 Å². The van der Waals surface area contributed by atoms with E-state index in [1.807, 2.05) is 0 Å². The molecule has 1 aromatic carbocycles. The van der Waals surface area contributed by atoms with Crippen LogP contribution in [-0.2, 0) is 14.3 Å². The Morgan fingerprint density at radius 1 is 1.43 bits per heavy atom. The number of carbonyl (C=O) groups excluding carboxylic acids is 2. The zero-order chi connectivity index (χ0) is 15.6. The van der Waals surface area contributed by atoms with Gasteiger partial charge in [-0.2, -0.15) is 0 Å². The molecular formula is C13H14N2O6. The second-order valence-electron chi connectivity index (χ2n) is 4.54. The van der Waals surface area contributed by atoms with Crippen molar-refractivity contribution in [3.8, 4) is 5.75 Å². The van der Waals surface area contributed by atoms with Crippen molar-refractivity contribution in [1.82, 2.24) is 0 Å². The van der Waals surface area contributed by atoms with E-state index in [-0.39, 0.29) is 30.3 Å². The maximum absolute atomic E-state index is 12.0.